The highest BCUT2D eigenvalue weighted by molar-refractivity contribution is 9.10. The molecule has 0 aliphatic carbocycles. The maximum absolute atomic E-state index is 6.33. The van der Waals surface area contributed by atoms with E-state index in [9.17, 15) is 0 Å². The monoisotopic (exact) mass is 323 g/mol. The lowest BCUT2D eigenvalue weighted by Gasteiger charge is -2.17. The van der Waals surface area contributed by atoms with Crippen molar-refractivity contribution in [3.63, 3.8) is 0 Å². The molecule has 0 radical (unpaired) electrons. The van der Waals surface area contributed by atoms with E-state index in [2.05, 4.69) is 48.0 Å². The predicted octanol–water partition coefficient (Wildman–Crippen LogP) is 4.77. The molecule has 0 heterocycles. The van der Waals surface area contributed by atoms with Crippen LogP contribution in [0, 0.1) is 13.8 Å². The molecule has 0 aromatic heterocycles. The molecule has 2 aromatic rings. The Morgan fingerprint density at radius 2 is 1.83 bits per heavy atom. The predicted molar refractivity (Wildman–Crippen MR) is 81.1 cm³/mol. The first-order chi connectivity index (χ1) is 8.50. The van der Waals surface area contributed by atoms with Crippen LogP contribution >= 0.6 is 27.5 Å². The molecule has 94 valence electrons. The van der Waals surface area contributed by atoms with Crippen LogP contribution in [0.4, 0.5) is 0 Å². The Hall–Kier alpha value is -0.830. The fourth-order valence-corrected chi connectivity index (χ4v) is 2.73. The van der Waals surface area contributed by atoms with E-state index in [0.717, 1.165) is 15.6 Å². The van der Waals surface area contributed by atoms with Crippen molar-refractivity contribution in [1.29, 1.82) is 0 Å². The number of nitrogens with two attached hydrogens (primary N) is 1. The first kappa shape index (κ1) is 13.6. The van der Waals surface area contributed by atoms with Gasteiger partial charge in [-0.3, -0.25) is 0 Å². The van der Waals surface area contributed by atoms with Gasteiger partial charge in [0.25, 0.3) is 0 Å². The summed E-state index contributed by atoms with van der Waals surface area (Å²) in [6.45, 7) is 4.16. The standard InChI is InChI=1S/C15H15BrClN/c1-9-6-7-11(10(2)8-9)15(18)12-4-3-5-13(16)14(12)17/h3-8,15H,18H2,1-2H3. The third-order valence-electron chi connectivity index (χ3n) is 3.08. The lowest BCUT2D eigenvalue weighted by atomic mass is 9.94. The van der Waals surface area contributed by atoms with Crippen LogP contribution in [0.2, 0.25) is 5.02 Å². The van der Waals surface area contributed by atoms with E-state index >= 15 is 0 Å². The van der Waals surface area contributed by atoms with Gasteiger partial charge in [0, 0.05) is 4.47 Å². The molecule has 0 amide bonds. The van der Waals surface area contributed by atoms with E-state index < -0.39 is 0 Å². The maximum atomic E-state index is 6.33. The van der Waals surface area contributed by atoms with E-state index in [4.69, 9.17) is 17.3 Å². The van der Waals surface area contributed by atoms with Crippen molar-refractivity contribution in [3.8, 4) is 0 Å². The Balaban J connectivity index is 2.48. The summed E-state index contributed by atoms with van der Waals surface area (Å²) < 4.78 is 0.877. The molecule has 0 spiro atoms. The van der Waals surface area contributed by atoms with Gasteiger partial charge in [0.05, 0.1) is 11.1 Å². The fourth-order valence-electron chi connectivity index (χ4n) is 2.10. The van der Waals surface area contributed by atoms with Crippen LogP contribution in [0.25, 0.3) is 0 Å². The largest absolute Gasteiger partial charge is 0.320 e. The zero-order valence-corrected chi connectivity index (χ0v) is 12.7. The maximum Gasteiger partial charge on any atom is 0.0599 e. The highest BCUT2D eigenvalue weighted by Gasteiger charge is 2.15. The van der Waals surface area contributed by atoms with E-state index in [1.165, 1.54) is 11.1 Å². The molecular weight excluding hydrogens is 310 g/mol. The van der Waals surface area contributed by atoms with Crippen LogP contribution in [0.5, 0.6) is 0 Å². The van der Waals surface area contributed by atoms with Crippen LogP contribution in [0.3, 0.4) is 0 Å². The van der Waals surface area contributed by atoms with Crippen LogP contribution in [-0.2, 0) is 0 Å². The average molecular weight is 325 g/mol. The Labute approximate surface area is 121 Å². The third kappa shape index (κ3) is 2.61. The number of hydrogen-bond donors (Lipinski definition) is 1. The summed E-state index contributed by atoms with van der Waals surface area (Å²) in [5.74, 6) is 0. The lowest BCUT2D eigenvalue weighted by Crippen LogP contribution is -2.14. The van der Waals surface area contributed by atoms with E-state index in [1.54, 1.807) is 0 Å². The minimum atomic E-state index is -0.199. The molecule has 0 saturated carbocycles. The first-order valence-electron chi connectivity index (χ1n) is 5.77. The number of benzene rings is 2. The molecule has 1 unspecified atom stereocenters. The molecule has 0 fully saturated rings. The molecular formula is C15H15BrClN. The summed E-state index contributed by atoms with van der Waals surface area (Å²) >= 11 is 9.72. The fraction of sp³-hybridized carbons (Fsp3) is 0.200. The number of halogens is 2. The van der Waals surface area contributed by atoms with Gasteiger partial charge >= 0.3 is 0 Å². The van der Waals surface area contributed by atoms with Gasteiger partial charge in [-0.2, -0.15) is 0 Å². The highest BCUT2D eigenvalue weighted by Crippen LogP contribution is 2.33. The lowest BCUT2D eigenvalue weighted by molar-refractivity contribution is 0.860. The molecule has 0 saturated heterocycles. The van der Waals surface area contributed by atoms with Gasteiger partial charge in [-0.1, -0.05) is 47.5 Å². The van der Waals surface area contributed by atoms with E-state index in [1.807, 2.05) is 18.2 Å². The average Bonchev–Trinajstić information content (AvgIpc) is 2.32. The van der Waals surface area contributed by atoms with Crippen LogP contribution in [-0.4, -0.2) is 0 Å². The first-order valence-corrected chi connectivity index (χ1v) is 6.94. The second-order valence-electron chi connectivity index (χ2n) is 4.48. The molecule has 2 rings (SSSR count). The Morgan fingerprint density at radius 3 is 2.50 bits per heavy atom. The Morgan fingerprint density at radius 1 is 1.11 bits per heavy atom. The van der Waals surface area contributed by atoms with Gasteiger partial charge in [-0.15, -0.1) is 0 Å². The molecule has 2 aromatic carbocycles. The van der Waals surface area contributed by atoms with Gasteiger partial charge in [-0.05, 0) is 52.5 Å². The topological polar surface area (TPSA) is 26.0 Å². The molecule has 18 heavy (non-hydrogen) atoms. The summed E-state index contributed by atoms with van der Waals surface area (Å²) in [7, 11) is 0. The zero-order valence-electron chi connectivity index (χ0n) is 10.4. The molecule has 3 heteroatoms. The summed E-state index contributed by atoms with van der Waals surface area (Å²) in [5.41, 5.74) is 10.8. The second kappa shape index (κ2) is 5.43. The van der Waals surface area contributed by atoms with Crippen molar-refractivity contribution in [3.05, 3.63) is 68.1 Å². The molecule has 0 bridgehead atoms. The van der Waals surface area contributed by atoms with Crippen LogP contribution < -0.4 is 5.73 Å². The van der Waals surface area contributed by atoms with Gasteiger partial charge in [-0.25, -0.2) is 0 Å². The summed E-state index contributed by atoms with van der Waals surface area (Å²) in [4.78, 5) is 0. The van der Waals surface area contributed by atoms with Crippen molar-refractivity contribution in [2.45, 2.75) is 19.9 Å². The Kier molecular flexibility index (Phi) is 4.10. The van der Waals surface area contributed by atoms with Crippen molar-refractivity contribution >= 4 is 27.5 Å². The minimum Gasteiger partial charge on any atom is -0.320 e. The van der Waals surface area contributed by atoms with Gasteiger partial charge in [0.1, 0.15) is 0 Å². The second-order valence-corrected chi connectivity index (χ2v) is 5.71. The van der Waals surface area contributed by atoms with E-state index in [-0.39, 0.29) is 6.04 Å². The SMILES string of the molecule is Cc1ccc(C(N)c2cccc(Br)c2Cl)c(C)c1. The van der Waals surface area contributed by atoms with Gasteiger partial charge < -0.3 is 5.73 Å². The van der Waals surface area contributed by atoms with Gasteiger partial charge in [0.2, 0.25) is 0 Å². The normalized spacial score (nSPS) is 12.5. The van der Waals surface area contributed by atoms with Crippen molar-refractivity contribution in [2.75, 3.05) is 0 Å². The molecule has 0 aliphatic heterocycles. The number of hydrogen-bond acceptors (Lipinski definition) is 1. The van der Waals surface area contributed by atoms with Crippen LogP contribution in [0.15, 0.2) is 40.9 Å². The Bertz CT molecular complexity index is 581. The summed E-state index contributed by atoms with van der Waals surface area (Å²) in [6.07, 6.45) is 0. The quantitative estimate of drug-likeness (QED) is 0.846. The van der Waals surface area contributed by atoms with Crippen molar-refractivity contribution in [1.82, 2.24) is 0 Å². The smallest absolute Gasteiger partial charge is 0.0599 e. The summed E-state index contributed by atoms with van der Waals surface area (Å²) in [6, 6.07) is 11.9. The van der Waals surface area contributed by atoms with E-state index in [0.29, 0.717) is 5.02 Å². The highest BCUT2D eigenvalue weighted by atomic mass is 79.9. The van der Waals surface area contributed by atoms with Gasteiger partial charge in [0.15, 0.2) is 0 Å². The molecule has 1 nitrogen and oxygen atoms in total. The molecule has 1 atom stereocenters. The molecule has 2 N–H and O–H groups in total. The van der Waals surface area contributed by atoms with Crippen molar-refractivity contribution < 1.29 is 0 Å². The zero-order chi connectivity index (χ0) is 13.3. The van der Waals surface area contributed by atoms with Crippen molar-refractivity contribution in [2.24, 2.45) is 5.73 Å². The number of aryl methyl sites for hydroxylation is 2. The molecule has 0 aliphatic rings. The van der Waals surface area contributed by atoms with Crippen LogP contribution in [0.1, 0.15) is 28.3 Å². The third-order valence-corrected chi connectivity index (χ3v) is 4.39. The summed E-state index contributed by atoms with van der Waals surface area (Å²) in [5, 5.41) is 0.685. The minimum absolute atomic E-state index is 0.199. The number of rotatable bonds is 2.